The summed E-state index contributed by atoms with van der Waals surface area (Å²) in [6.45, 7) is 5.67. The minimum Gasteiger partial charge on any atom is -0.508 e. The zero-order chi connectivity index (χ0) is 28.0. The summed E-state index contributed by atoms with van der Waals surface area (Å²) in [4.78, 5) is 19.1. The number of hydrogen-bond acceptors (Lipinski definition) is 8. The van der Waals surface area contributed by atoms with Gasteiger partial charge in [-0.15, -0.1) is 0 Å². The van der Waals surface area contributed by atoms with Gasteiger partial charge >= 0.3 is 6.01 Å². The van der Waals surface area contributed by atoms with Crippen LogP contribution in [0.5, 0.6) is 11.8 Å². The van der Waals surface area contributed by atoms with Crippen LogP contribution in [0.15, 0.2) is 42.6 Å². The van der Waals surface area contributed by atoms with E-state index in [1.54, 1.807) is 18.3 Å². The monoisotopic (exact) mass is 566 g/mol. The van der Waals surface area contributed by atoms with Gasteiger partial charge in [0.25, 0.3) is 0 Å². The van der Waals surface area contributed by atoms with Crippen LogP contribution in [-0.4, -0.2) is 76.4 Å². The van der Waals surface area contributed by atoms with Crippen molar-refractivity contribution in [2.24, 2.45) is 17.3 Å². The Balaban J connectivity index is 1.10. The van der Waals surface area contributed by atoms with E-state index in [2.05, 4.69) is 25.1 Å². The molecule has 4 atom stereocenters. The molecule has 5 fully saturated rings. The Morgan fingerprint density at radius 1 is 1.00 bits per heavy atom. The molecule has 8 nitrogen and oxygen atoms in total. The van der Waals surface area contributed by atoms with Crippen LogP contribution in [0.4, 0.5) is 10.2 Å². The van der Waals surface area contributed by atoms with Gasteiger partial charge in [0, 0.05) is 62.0 Å². The number of ether oxygens (including phenoxy) is 1. The molecule has 9 heteroatoms. The van der Waals surface area contributed by atoms with Crippen LogP contribution >= 0.6 is 0 Å². The number of piperidine rings is 1. The number of nitrogens with zero attached hydrogens (tertiary/aromatic N) is 5. The SMILES string of the molecule is Oc1cc(-c2ncc3c(N4C[C@H]5CC[C@@H](C4)N5)nc(OCC4(CN5CC6CC6C5)CC4)nc3c2F)c2ccccc2c1. The van der Waals surface area contributed by atoms with Crippen molar-refractivity contribution < 1.29 is 14.2 Å². The molecule has 3 aliphatic heterocycles. The van der Waals surface area contributed by atoms with E-state index in [1.807, 2.05) is 24.3 Å². The number of fused-ring (bicyclic) bond motifs is 5. The number of benzene rings is 2. The number of nitrogens with one attached hydrogen (secondary N) is 1. The number of pyridine rings is 1. The van der Waals surface area contributed by atoms with Gasteiger partial charge in [0.2, 0.25) is 0 Å². The highest BCUT2D eigenvalue weighted by Crippen LogP contribution is 2.51. The molecule has 5 aliphatic rings. The lowest BCUT2D eigenvalue weighted by molar-refractivity contribution is 0.163. The Hall–Kier alpha value is -3.56. The van der Waals surface area contributed by atoms with Gasteiger partial charge in [-0.05, 0) is 66.8 Å². The van der Waals surface area contributed by atoms with E-state index in [1.165, 1.54) is 19.5 Å². The highest BCUT2D eigenvalue weighted by molar-refractivity contribution is 5.99. The number of hydrogen-bond donors (Lipinski definition) is 2. The van der Waals surface area contributed by atoms with Crippen LogP contribution in [0.2, 0.25) is 0 Å². The molecular weight excluding hydrogens is 531 g/mol. The number of rotatable bonds is 7. The third-order valence-electron chi connectivity index (χ3n) is 10.3. The molecule has 2 unspecified atom stereocenters. The highest BCUT2D eigenvalue weighted by atomic mass is 19.1. The quantitative estimate of drug-likeness (QED) is 0.332. The summed E-state index contributed by atoms with van der Waals surface area (Å²) in [7, 11) is 0. The molecule has 2 saturated carbocycles. The van der Waals surface area contributed by atoms with E-state index in [4.69, 9.17) is 9.72 Å². The van der Waals surface area contributed by atoms with Gasteiger partial charge < -0.3 is 25.0 Å². The fourth-order valence-electron chi connectivity index (χ4n) is 7.82. The molecule has 216 valence electrons. The predicted molar refractivity (Wildman–Crippen MR) is 159 cm³/mol. The van der Waals surface area contributed by atoms with Crippen molar-refractivity contribution >= 4 is 27.5 Å². The van der Waals surface area contributed by atoms with Gasteiger partial charge in [-0.25, -0.2) is 4.39 Å². The minimum absolute atomic E-state index is 0.0683. The van der Waals surface area contributed by atoms with E-state index in [9.17, 15) is 5.11 Å². The summed E-state index contributed by atoms with van der Waals surface area (Å²) in [5.41, 5.74) is 1.05. The van der Waals surface area contributed by atoms with Crippen molar-refractivity contribution in [1.29, 1.82) is 0 Å². The van der Waals surface area contributed by atoms with E-state index in [-0.39, 0.29) is 28.4 Å². The van der Waals surface area contributed by atoms with Crippen molar-refractivity contribution in [3.05, 3.63) is 48.4 Å². The van der Waals surface area contributed by atoms with Crippen LogP contribution in [-0.2, 0) is 0 Å². The summed E-state index contributed by atoms with van der Waals surface area (Å²) in [6, 6.07) is 11.9. The van der Waals surface area contributed by atoms with E-state index in [0.717, 1.165) is 67.9 Å². The van der Waals surface area contributed by atoms with Gasteiger partial charge in [-0.2, -0.15) is 9.97 Å². The van der Waals surface area contributed by atoms with Gasteiger partial charge in [0.05, 0.1) is 12.0 Å². The second kappa shape index (κ2) is 9.22. The maximum Gasteiger partial charge on any atom is 0.319 e. The molecule has 3 saturated heterocycles. The summed E-state index contributed by atoms with van der Waals surface area (Å²) >= 11 is 0. The van der Waals surface area contributed by atoms with E-state index < -0.39 is 5.82 Å². The molecule has 9 rings (SSSR count). The number of aromatic hydroxyl groups is 1. The number of anilines is 1. The summed E-state index contributed by atoms with van der Waals surface area (Å²) in [6.07, 6.45) is 7.66. The molecule has 2 bridgehead atoms. The maximum atomic E-state index is 16.6. The number of halogens is 1. The number of likely N-dealkylation sites (tertiary alicyclic amines) is 1. The van der Waals surface area contributed by atoms with E-state index in [0.29, 0.717) is 35.5 Å². The molecule has 5 heterocycles. The van der Waals surface area contributed by atoms with Crippen molar-refractivity contribution in [1.82, 2.24) is 25.2 Å². The molecule has 0 amide bonds. The zero-order valence-corrected chi connectivity index (χ0v) is 23.6. The third-order valence-corrected chi connectivity index (χ3v) is 10.3. The molecule has 2 N–H and O–H groups in total. The summed E-state index contributed by atoms with van der Waals surface area (Å²) in [5, 5.41) is 16.4. The van der Waals surface area contributed by atoms with Crippen molar-refractivity contribution in [2.75, 3.05) is 44.2 Å². The minimum atomic E-state index is -0.521. The molecule has 42 heavy (non-hydrogen) atoms. The normalized spacial score (nSPS) is 27.5. The Morgan fingerprint density at radius 3 is 2.57 bits per heavy atom. The molecule has 4 aromatic rings. The first-order valence-electron chi connectivity index (χ1n) is 15.4. The fraction of sp³-hybridized carbons (Fsp3) is 0.485. The lowest BCUT2D eigenvalue weighted by Crippen LogP contribution is -2.51. The smallest absolute Gasteiger partial charge is 0.319 e. The van der Waals surface area contributed by atoms with E-state index >= 15 is 4.39 Å². The molecule has 2 aromatic carbocycles. The van der Waals surface area contributed by atoms with Gasteiger partial charge in [-0.1, -0.05) is 24.3 Å². The standard InChI is InChI=1S/C33H35FN6O2/c34-28-29(26-11-24(41)10-19-3-1-2-4-25(19)26)35-12-27-30(28)37-32(38-31(27)40-15-22-5-6-23(16-40)36-22)42-18-33(7-8-33)17-39-13-20-9-21(20)14-39/h1-4,10-12,20-23,36,41H,5-9,13-18H2/t20?,21?,22-,23+. The number of phenols is 1. The Bertz CT molecular complexity index is 1700. The molecule has 2 aromatic heterocycles. The maximum absolute atomic E-state index is 16.6. The average molecular weight is 567 g/mol. The number of phenolic OH excluding ortho intramolecular Hbond substituents is 1. The first kappa shape index (κ1) is 25.0. The first-order chi connectivity index (χ1) is 20.5. The summed E-state index contributed by atoms with van der Waals surface area (Å²) < 4.78 is 22.9. The highest BCUT2D eigenvalue weighted by Gasteiger charge is 2.50. The zero-order valence-electron chi connectivity index (χ0n) is 23.6. The van der Waals surface area contributed by atoms with Crippen molar-refractivity contribution in [3.63, 3.8) is 0 Å². The third kappa shape index (κ3) is 4.28. The number of aromatic nitrogens is 3. The second-order valence-electron chi connectivity index (χ2n) is 13.5. The van der Waals surface area contributed by atoms with Gasteiger partial charge in [0.15, 0.2) is 5.82 Å². The van der Waals surface area contributed by atoms with Gasteiger partial charge in [0.1, 0.15) is 22.8 Å². The van der Waals surface area contributed by atoms with Crippen molar-refractivity contribution in [3.8, 4) is 23.0 Å². The molecule has 0 radical (unpaired) electrons. The lowest BCUT2D eigenvalue weighted by Gasteiger charge is -2.34. The second-order valence-corrected chi connectivity index (χ2v) is 13.5. The van der Waals surface area contributed by atoms with Gasteiger partial charge in [-0.3, -0.25) is 4.98 Å². The molecule has 2 aliphatic carbocycles. The van der Waals surface area contributed by atoms with Crippen LogP contribution < -0.4 is 15.0 Å². The summed E-state index contributed by atoms with van der Waals surface area (Å²) in [5.74, 6) is 2.07. The van der Waals surface area contributed by atoms with Crippen LogP contribution in [0.3, 0.4) is 0 Å². The largest absolute Gasteiger partial charge is 0.508 e. The topological polar surface area (TPSA) is 86.6 Å². The Morgan fingerprint density at radius 2 is 1.79 bits per heavy atom. The van der Waals surface area contributed by atoms with Crippen LogP contribution in [0.1, 0.15) is 32.1 Å². The number of piperazine rings is 1. The lowest BCUT2D eigenvalue weighted by atomic mass is 10.00. The first-order valence-corrected chi connectivity index (χ1v) is 15.4. The predicted octanol–water partition coefficient (Wildman–Crippen LogP) is 4.74. The Labute approximate surface area is 243 Å². The van der Waals surface area contributed by atoms with Crippen molar-refractivity contribution in [2.45, 2.75) is 44.2 Å². The van der Waals surface area contributed by atoms with Crippen LogP contribution in [0.25, 0.3) is 32.9 Å². The molecular formula is C33H35FN6O2. The average Bonchev–Trinajstić information content (AvgIpc) is 3.87. The van der Waals surface area contributed by atoms with Crippen LogP contribution in [0, 0.1) is 23.1 Å². The Kier molecular flexibility index (Phi) is 5.48. The fourth-order valence-corrected chi connectivity index (χ4v) is 7.82. The molecule has 0 spiro atoms.